The van der Waals surface area contributed by atoms with E-state index in [1.54, 1.807) is 34.8 Å². The van der Waals surface area contributed by atoms with Crippen molar-refractivity contribution in [2.24, 2.45) is 0 Å². The summed E-state index contributed by atoms with van der Waals surface area (Å²) in [6.45, 7) is 1.11. The molecule has 2 aromatic carbocycles. The van der Waals surface area contributed by atoms with Gasteiger partial charge in [-0.15, -0.1) is 21.5 Å². The minimum absolute atomic E-state index is 0.0526. The molecule has 168 valence electrons. The van der Waals surface area contributed by atoms with Gasteiger partial charge in [-0.1, -0.05) is 54.2 Å². The molecule has 0 saturated heterocycles. The van der Waals surface area contributed by atoms with E-state index in [4.69, 9.17) is 9.72 Å². The highest BCUT2D eigenvalue weighted by Gasteiger charge is 2.17. The minimum atomic E-state index is -0.0526. The van der Waals surface area contributed by atoms with E-state index >= 15 is 0 Å². The number of hydrogen-bond donors (Lipinski definition) is 0. The van der Waals surface area contributed by atoms with Gasteiger partial charge in [-0.05, 0) is 24.1 Å². The van der Waals surface area contributed by atoms with Crippen molar-refractivity contribution in [3.05, 3.63) is 86.6 Å². The van der Waals surface area contributed by atoms with Gasteiger partial charge in [0.15, 0.2) is 5.16 Å². The molecule has 3 aromatic heterocycles. The van der Waals surface area contributed by atoms with Crippen LogP contribution in [-0.4, -0.2) is 37.9 Å². The molecule has 0 aliphatic heterocycles. The van der Waals surface area contributed by atoms with E-state index in [0.717, 1.165) is 34.2 Å². The Morgan fingerprint density at radius 2 is 1.88 bits per heavy atom. The summed E-state index contributed by atoms with van der Waals surface area (Å²) in [5.41, 5.74) is 3.04. The van der Waals surface area contributed by atoms with E-state index in [0.29, 0.717) is 30.1 Å². The summed E-state index contributed by atoms with van der Waals surface area (Å²) in [4.78, 5) is 17.9. The Kier molecular flexibility index (Phi) is 6.52. The molecule has 0 spiro atoms. The smallest absolute Gasteiger partial charge is 0.262 e. The molecule has 33 heavy (non-hydrogen) atoms. The maximum absolute atomic E-state index is 13.1. The lowest BCUT2D eigenvalue weighted by Gasteiger charge is -2.11. The Labute approximate surface area is 199 Å². The summed E-state index contributed by atoms with van der Waals surface area (Å²) in [5, 5.41) is 13.4. The van der Waals surface area contributed by atoms with Gasteiger partial charge in [0.05, 0.1) is 21.6 Å². The summed E-state index contributed by atoms with van der Waals surface area (Å²) < 4.78 is 8.84. The second kappa shape index (κ2) is 9.86. The van der Waals surface area contributed by atoms with Crippen molar-refractivity contribution in [2.75, 3.05) is 13.7 Å². The normalized spacial score (nSPS) is 11.5. The third-order valence-electron chi connectivity index (χ3n) is 5.36. The average Bonchev–Trinajstić information content (AvgIpc) is 3.47. The van der Waals surface area contributed by atoms with Crippen molar-refractivity contribution in [3.8, 4) is 0 Å². The van der Waals surface area contributed by atoms with Crippen LogP contribution in [0, 0.1) is 0 Å². The second-order valence-electron chi connectivity index (χ2n) is 7.62. The summed E-state index contributed by atoms with van der Waals surface area (Å²) in [5.74, 6) is 1.24. The minimum Gasteiger partial charge on any atom is -0.385 e. The summed E-state index contributed by atoms with van der Waals surface area (Å²) in [6.07, 6.45) is 1.56. The number of hydrogen-bond acceptors (Lipinski definition) is 7. The Hall–Kier alpha value is -3.01. The van der Waals surface area contributed by atoms with Gasteiger partial charge in [-0.25, -0.2) is 4.98 Å². The fourth-order valence-electron chi connectivity index (χ4n) is 3.80. The first-order valence-corrected chi connectivity index (χ1v) is 12.6. The Balaban J connectivity index is 1.43. The van der Waals surface area contributed by atoms with Gasteiger partial charge in [0.25, 0.3) is 5.56 Å². The van der Waals surface area contributed by atoms with Gasteiger partial charge in [0.1, 0.15) is 0 Å². The molecular formula is C24H23N5O2S2. The SMILES string of the molecule is COCCCn1c(=O)c2ccccc2n2c(SCc3csc(Cc4ccccc4)n3)nnc12. The molecule has 0 unspecified atom stereocenters. The van der Waals surface area contributed by atoms with E-state index in [1.165, 1.54) is 5.56 Å². The van der Waals surface area contributed by atoms with Gasteiger partial charge in [-0.3, -0.25) is 13.8 Å². The number of para-hydroxylation sites is 1. The van der Waals surface area contributed by atoms with Crippen LogP contribution >= 0.6 is 23.1 Å². The monoisotopic (exact) mass is 477 g/mol. The quantitative estimate of drug-likeness (QED) is 0.231. The van der Waals surface area contributed by atoms with Crippen molar-refractivity contribution in [2.45, 2.75) is 30.3 Å². The fourth-order valence-corrected chi connectivity index (χ4v) is 5.57. The molecule has 0 atom stereocenters. The number of benzene rings is 2. The lowest BCUT2D eigenvalue weighted by molar-refractivity contribution is 0.190. The topological polar surface area (TPSA) is 74.3 Å². The average molecular weight is 478 g/mol. The first kappa shape index (κ1) is 21.8. The van der Waals surface area contributed by atoms with Crippen molar-refractivity contribution in [1.82, 2.24) is 24.1 Å². The van der Waals surface area contributed by atoms with Crippen LogP contribution in [-0.2, 0) is 23.5 Å². The molecule has 0 N–H and O–H groups in total. The summed E-state index contributed by atoms with van der Waals surface area (Å²) in [6, 6.07) is 18.0. The highest BCUT2D eigenvalue weighted by atomic mass is 32.2. The van der Waals surface area contributed by atoms with Crippen LogP contribution in [0.15, 0.2) is 69.9 Å². The largest absolute Gasteiger partial charge is 0.385 e. The number of nitrogens with zero attached hydrogens (tertiary/aromatic N) is 5. The van der Waals surface area contributed by atoms with Crippen LogP contribution in [0.3, 0.4) is 0 Å². The van der Waals surface area contributed by atoms with E-state index in [2.05, 4.69) is 39.8 Å². The zero-order valence-corrected chi connectivity index (χ0v) is 19.8. The van der Waals surface area contributed by atoms with Crippen LogP contribution in [0.5, 0.6) is 0 Å². The molecule has 5 rings (SSSR count). The summed E-state index contributed by atoms with van der Waals surface area (Å²) >= 11 is 3.26. The lowest BCUT2D eigenvalue weighted by Crippen LogP contribution is -2.24. The number of rotatable bonds is 9. The standard InChI is InChI=1S/C24H23N5O2S2/c1-31-13-7-12-28-22(30)19-10-5-6-11-20(19)29-23(28)26-27-24(29)33-16-18-15-32-21(25-18)14-17-8-3-2-4-9-17/h2-6,8-11,15H,7,12-14,16H2,1H3. The molecule has 3 heterocycles. The van der Waals surface area contributed by atoms with E-state index in [9.17, 15) is 4.79 Å². The van der Waals surface area contributed by atoms with Crippen LogP contribution in [0.25, 0.3) is 16.7 Å². The van der Waals surface area contributed by atoms with Crippen molar-refractivity contribution < 1.29 is 4.74 Å². The number of ether oxygens (including phenoxy) is 1. The number of fused-ring (bicyclic) bond motifs is 3. The Morgan fingerprint density at radius 3 is 2.73 bits per heavy atom. The van der Waals surface area contributed by atoms with Gasteiger partial charge in [-0.2, -0.15) is 0 Å². The summed E-state index contributed by atoms with van der Waals surface area (Å²) in [7, 11) is 1.66. The first-order valence-electron chi connectivity index (χ1n) is 10.7. The van der Waals surface area contributed by atoms with Gasteiger partial charge < -0.3 is 4.74 Å². The van der Waals surface area contributed by atoms with Crippen LogP contribution in [0.2, 0.25) is 0 Å². The number of aryl methyl sites for hydroxylation is 1. The lowest BCUT2D eigenvalue weighted by atomic mass is 10.2. The first-order chi connectivity index (χ1) is 16.2. The van der Waals surface area contributed by atoms with Crippen molar-refractivity contribution in [1.29, 1.82) is 0 Å². The zero-order valence-electron chi connectivity index (χ0n) is 18.2. The van der Waals surface area contributed by atoms with E-state index in [1.807, 2.05) is 34.7 Å². The Morgan fingerprint density at radius 1 is 1.06 bits per heavy atom. The molecule has 0 amide bonds. The second-order valence-corrected chi connectivity index (χ2v) is 9.51. The van der Waals surface area contributed by atoms with Crippen LogP contribution < -0.4 is 5.56 Å². The highest BCUT2D eigenvalue weighted by molar-refractivity contribution is 7.98. The van der Waals surface area contributed by atoms with E-state index < -0.39 is 0 Å². The van der Waals surface area contributed by atoms with Crippen molar-refractivity contribution in [3.63, 3.8) is 0 Å². The number of aromatic nitrogens is 5. The number of thiazole rings is 1. The molecule has 0 aliphatic rings. The third kappa shape index (κ3) is 4.57. The third-order valence-corrected chi connectivity index (χ3v) is 7.22. The fraction of sp³-hybridized carbons (Fsp3) is 0.250. The molecule has 0 aliphatic carbocycles. The van der Waals surface area contributed by atoms with E-state index in [-0.39, 0.29) is 5.56 Å². The zero-order chi connectivity index (χ0) is 22.6. The van der Waals surface area contributed by atoms with Crippen LogP contribution in [0.1, 0.15) is 22.7 Å². The molecule has 0 bridgehead atoms. The predicted octanol–water partition coefficient (Wildman–Crippen LogP) is 4.42. The maximum atomic E-state index is 13.1. The van der Waals surface area contributed by atoms with Gasteiger partial charge >= 0.3 is 0 Å². The molecular weight excluding hydrogens is 454 g/mol. The molecule has 0 radical (unpaired) electrons. The van der Waals surface area contributed by atoms with Gasteiger partial charge in [0, 0.05) is 37.8 Å². The molecule has 0 saturated carbocycles. The number of methoxy groups -OCH3 is 1. The van der Waals surface area contributed by atoms with Gasteiger partial charge in [0.2, 0.25) is 5.78 Å². The Bertz CT molecular complexity index is 1440. The highest BCUT2D eigenvalue weighted by Crippen LogP contribution is 2.26. The predicted molar refractivity (Wildman–Crippen MR) is 132 cm³/mol. The molecule has 7 nitrogen and oxygen atoms in total. The number of thioether (sulfide) groups is 1. The molecule has 9 heteroatoms. The maximum Gasteiger partial charge on any atom is 0.262 e. The molecule has 5 aromatic rings. The van der Waals surface area contributed by atoms with Crippen molar-refractivity contribution >= 4 is 39.8 Å². The molecule has 0 fully saturated rings. The van der Waals surface area contributed by atoms with Crippen LogP contribution in [0.4, 0.5) is 0 Å².